The zero-order valence-electron chi connectivity index (χ0n) is 17.5. The smallest absolute Gasteiger partial charge is 0.293 e. The van der Waals surface area contributed by atoms with E-state index in [-0.39, 0.29) is 22.8 Å². The summed E-state index contributed by atoms with van der Waals surface area (Å²) in [5.74, 6) is 0.646. The summed E-state index contributed by atoms with van der Waals surface area (Å²) in [7, 11) is 3.49. The largest absolute Gasteiger partial charge is 0.372 e. The number of hydrazone groups is 1. The zero-order valence-corrected chi connectivity index (χ0v) is 17.5. The Hall–Kier alpha value is -4.61. The van der Waals surface area contributed by atoms with Crippen molar-refractivity contribution in [2.24, 2.45) is 5.10 Å². The average Bonchev–Trinajstić information content (AvgIpc) is 3.22. The molecule has 0 radical (unpaired) electrons. The van der Waals surface area contributed by atoms with Crippen LogP contribution >= 0.6 is 0 Å². The predicted molar refractivity (Wildman–Crippen MR) is 120 cm³/mol. The van der Waals surface area contributed by atoms with Crippen LogP contribution in [0.15, 0.2) is 52.2 Å². The average molecular weight is 433 g/mol. The van der Waals surface area contributed by atoms with Crippen molar-refractivity contribution >= 4 is 46.2 Å². The van der Waals surface area contributed by atoms with E-state index in [0.29, 0.717) is 17.1 Å². The molecular weight excluding hydrogens is 414 g/mol. The van der Waals surface area contributed by atoms with Crippen LogP contribution in [-0.2, 0) is 0 Å². The number of hydrogen-bond acceptors (Lipinski definition) is 11. The van der Waals surface area contributed by atoms with Gasteiger partial charge in [0.05, 0.1) is 11.1 Å². The van der Waals surface area contributed by atoms with Gasteiger partial charge >= 0.3 is 0 Å². The van der Waals surface area contributed by atoms with Gasteiger partial charge in [0.15, 0.2) is 11.6 Å². The van der Waals surface area contributed by atoms with Crippen LogP contribution in [-0.4, -0.2) is 45.5 Å². The van der Waals surface area contributed by atoms with Gasteiger partial charge in [-0.3, -0.25) is 15.5 Å². The summed E-state index contributed by atoms with van der Waals surface area (Å²) in [5, 5.41) is 26.1. The second-order valence-corrected chi connectivity index (χ2v) is 7.09. The zero-order chi connectivity index (χ0) is 22.7. The van der Waals surface area contributed by atoms with E-state index in [1.807, 2.05) is 31.2 Å². The monoisotopic (exact) mass is 433 g/mol. The van der Waals surface area contributed by atoms with Crippen molar-refractivity contribution in [3.63, 3.8) is 0 Å². The highest BCUT2D eigenvalue weighted by molar-refractivity contribution is 5.84. The van der Waals surface area contributed by atoms with Crippen molar-refractivity contribution in [1.82, 2.24) is 20.3 Å². The van der Waals surface area contributed by atoms with Gasteiger partial charge < -0.3 is 10.2 Å². The number of nitrogens with zero attached hydrogens (tertiary/aromatic N) is 7. The molecule has 0 fully saturated rings. The molecule has 0 bridgehead atoms. The predicted octanol–water partition coefficient (Wildman–Crippen LogP) is 3.49. The number of nitro groups is 1. The van der Waals surface area contributed by atoms with Crippen LogP contribution in [0.1, 0.15) is 11.1 Å². The summed E-state index contributed by atoms with van der Waals surface area (Å²) in [6.45, 7) is 1.99. The van der Waals surface area contributed by atoms with Crippen LogP contribution in [0.3, 0.4) is 0 Å². The first-order valence-electron chi connectivity index (χ1n) is 9.49. The van der Waals surface area contributed by atoms with E-state index in [1.165, 1.54) is 12.3 Å². The number of fused-ring (bicyclic) bond motifs is 1. The van der Waals surface area contributed by atoms with Gasteiger partial charge in [0.2, 0.25) is 11.3 Å². The Morgan fingerprint density at radius 2 is 1.75 bits per heavy atom. The Balaban J connectivity index is 1.61. The lowest BCUT2D eigenvalue weighted by Crippen LogP contribution is -2.11. The standard InChI is InChI=1S/C20H19N9O3/c1-12-4-7-14(8-5-12)22-17-18(24-20-19(23-17)26-32-27-20)25-21-11-13-6-9-15(28(2)3)16(10-13)29(30)31/h4-11H,1-3H3,(H,22,23,26)(H,24,25,27)/b21-11-. The number of nitrogens with one attached hydrogen (secondary N) is 2. The minimum Gasteiger partial charge on any atom is -0.372 e. The molecule has 12 heteroatoms. The lowest BCUT2D eigenvalue weighted by Gasteiger charge is -2.12. The van der Waals surface area contributed by atoms with Crippen molar-refractivity contribution < 1.29 is 9.55 Å². The topological polar surface area (TPSA) is 148 Å². The molecule has 162 valence electrons. The van der Waals surface area contributed by atoms with Gasteiger partial charge in [-0.25, -0.2) is 9.61 Å². The molecule has 32 heavy (non-hydrogen) atoms. The molecule has 2 heterocycles. The maximum absolute atomic E-state index is 11.4. The first-order valence-corrected chi connectivity index (χ1v) is 9.49. The molecule has 2 aromatic carbocycles. The number of anilines is 4. The van der Waals surface area contributed by atoms with Crippen LogP contribution in [0, 0.1) is 17.0 Å². The fourth-order valence-corrected chi connectivity index (χ4v) is 2.89. The number of rotatable bonds is 7. The Morgan fingerprint density at radius 3 is 2.41 bits per heavy atom. The van der Waals surface area contributed by atoms with Gasteiger partial charge in [-0.1, -0.05) is 23.8 Å². The summed E-state index contributed by atoms with van der Waals surface area (Å²) in [6, 6.07) is 12.6. The van der Waals surface area contributed by atoms with E-state index in [1.54, 1.807) is 31.1 Å². The van der Waals surface area contributed by atoms with E-state index in [9.17, 15) is 10.1 Å². The lowest BCUT2D eigenvalue weighted by molar-refractivity contribution is -0.384. The van der Waals surface area contributed by atoms with Gasteiger partial charge in [-0.05, 0) is 35.4 Å². The Morgan fingerprint density at radius 1 is 1.06 bits per heavy atom. The minimum absolute atomic E-state index is 0.0180. The second kappa shape index (κ2) is 8.63. The molecule has 0 unspecified atom stereocenters. The molecule has 0 amide bonds. The third-order valence-corrected chi connectivity index (χ3v) is 4.49. The maximum Gasteiger partial charge on any atom is 0.293 e. The van der Waals surface area contributed by atoms with Crippen molar-refractivity contribution in [2.45, 2.75) is 6.92 Å². The summed E-state index contributed by atoms with van der Waals surface area (Å²) in [6.07, 6.45) is 1.45. The van der Waals surface area contributed by atoms with Gasteiger partial charge in [-0.15, -0.1) is 0 Å². The van der Waals surface area contributed by atoms with Crippen LogP contribution in [0.25, 0.3) is 11.3 Å². The molecular formula is C20H19N9O3. The van der Waals surface area contributed by atoms with Gasteiger partial charge in [-0.2, -0.15) is 10.1 Å². The summed E-state index contributed by atoms with van der Waals surface area (Å²) >= 11 is 0. The Bertz CT molecular complexity index is 1300. The Kier molecular flexibility index (Phi) is 5.57. The van der Waals surface area contributed by atoms with Gasteiger partial charge in [0, 0.05) is 31.4 Å². The van der Waals surface area contributed by atoms with E-state index in [2.05, 4.69) is 36.1 Å². The third-order valence-electron chi connectivity index (χ3n) is 4.49. The summed E-state index contributed by atoms with van der Waals surface area (Å²) in [5.41, 5.74) is 6.19. The Labute approximate surface area is 182 Å². The normalized spacial score (nSPS) is 11.1. The molecule has 0 saturated carbocycles. The number of nitro benzene ring substituents is 1. The van der Waals surface area contributed by atoms with E-state index in [0.717, 1.165) is 11.3 Å². The molecule has 2 aromatic heterocycles. The highest BCUT2D eigenvalue weighted by atomic mass is 16.6. The third kappa shape index (κ3) is 4.43. The number of aryl methyl sites for hydroxylation is 1. The first-order chi connectivity index (χ1) is 15.4. The number of aromatic nitrogens is 4. The molecule has 0 aliphatic carbocycles. The van der Waals surface area contributed by atoms with E-state index >= 15 is 0 Å². The van der Waals surface area contributed by atoms with Crippen LogP contribution < -0.4 is 15.6 Å². The number of hydrogen-bond donors (Lipinski definition) is 2. The minimum atomic E-state index is -0.430. The molecule has 4 rings (SSSR count). The van der Waals surface area contributed by atoms with Crippen molar-refractivity contribution in [1.29, 1.82) is 0 Å². The van der Waals surface area contributed by atoms with Crippen molar-refractivity contribution in [2.75, 3.05) is 29.7 Å². The SMILES string of the molecule is Cc1ccc(Nc2nc3nonc3nc2N/N=C\c2ccc(N(C)C)c([N+](=O)[O-])c2)cc1. The van der Waals surface area contributed by atoms with Crippen LogP contribution in [0.2, 0.25) is 0 Å². The maximum atomic E-state index is 11.4. The number of benzene rings is 2. The highest BCUT2D eigenvalue weighted by Gasteiger charge is 2.16. The molecule has 4 aromatic rings. The molecule has 0 spiro atoms. The van der Waals surface area contributed by atoms with E-state index < -0.39 is 4.92 Å². The van der Waals surface area contributed by atoms with Crippen molar-refractivity contribution in [3.8, 4) is 0 Å². The summed E-state index contributed by atoms with van der Waals surface area (Å²) < 4.78 is 4.69. The fourth-order valence-electron chi connectivity index (χ4n) is 2.89. The molecule has 0 saturated heterocycles. The highest BCUT2D eigenvalue weighted by Crippen LogP contribution is 2.27. The van der Waals surface area contributed by atoms with Gasteiger partial charge in [0.25, 0.3) is 5.69 Å². The molecule has 0 aliphatic rings. The molecule has 0 aliphatic heterocycles. The molecule has 0 atom stereocenters. The summed E-state index contributed by atoms with van der Waals surface area (Å²) in [4.78, 5) is 21.3. The quantitative estimate of drug-likeness (QED) is 0.252. The van der Waals surface area contributed by atoms with E-state index in [4.69, 9.17) is 4.63 Å². The lowest BCUT2D eigenvalue weighted by atomic mass is 10.2. The second-order valence-electron chi connectivity index (χ2n) is 7.09. The fraction of sp³-hybridized carbons (Fsp3) is 0.150. The molecule has 2 N–H and O–H groups in total. The first kappa shape index (κ1) is 20.7. The van der Waals surface area contributed by atoms with Crippen LogP contribution in [0.4, 0.5) is 28.7 Å². The van der Waals surface area contributed by atoms with Crippen molar-refractivity contribution in [3.05, 3.63) is 63.7 Å². The van der Waals surface area contributed by atoms with Gasteiger partial charge in [0.1, 0.15) is 5.69 Å². The molecule has 12 nitrogen and oxygen atoms in total. The van der Waals surface area contributed by atoms with Crippen LogP contribution in [0.5, 0.6) is 0 Å².